The van der Waals surface area contributed by atoms with Gasteiger partial charge in [0.1, 0.15) is 0 Å². The van der Waals surface area contributed by atoms with Crippen LogP contribution in [0.5, 0.6) is 0 Å². The first-order valence-corrected chi connectivity index (χ1v) is 7.59. The number of likely N-dealkylation sites (tertiary alicyclic amines) is 1. The predicted octanol–water partition coefficient (Wildman–Crippen LogP) is 0.778. The lowest BCUT2D eigenvalue weighted by molar-refractivity contribution is -0.136. The second-order valence-electron chi connectivity index (χ2n) is 6.43. The smallest absolute Gasteiger partial charge is 0.417 e. The van der Waals surface area contributed by atoms with Crippen LogP contribution < -0.4 is 0 Å². The second-order valence-corrected chi connectivity index (χ2v) is 6.43. The van der Waals surface area contributed by atoms with Crippen molar-refractivity contribution in [1.82, 2.24) is 9.80 Å². The van der Waals surface area contributed by atoms with Crippen LogP contribution in [0.15, 0.2) is 12.2 Å². The number of allylic oxidation sites excluding steroid dienone is 2. The topological polar surface area (TPSA) is 66.9 Å². The van der Waals surface area contributed by atoms with Gasteiger partial charge >= 0.3 is 6.09 Å². The highest BCUT2D eigenvalue weighted by molar-refractivity contribution is 5.98. The molecule has 2 aliphatic heterocycles. The number of carbonyl (C=O) groups is 3. The summed E-state index contributed by atoms with van der Waals surface area (Å²) in [6.45, 7) is 0.913. The Bertz CT molecular complexity index is 528. The van der Waals surface area contributed by atoms with Gasteiger partial charge in [0.05, 0.1) is 6.04 Å². The van der Waals surface area contributed by atoms with E-state index in [9.17, 15) is 14.4 Å². The summed E-state index contributed by atoms with van der Waals surface area (Å²) in [5.74, 6) is 0.953. The summed E-state index contributed by atoms with van der Waals surface area (Å²) in [7, 11) is 0. The van der Waals surface area contributed by atoms with Crippen molar-refractivity contribution in [1.29, 1.82) is 0 Å². The molecule has 0 aromatic heterocycles. The Balaban J connectivity index is 1.42. The lowest BCUT2D eigenvalue weighted by Gasteiger charge is -2.25. The van der Waals surface area contributed by atoms with Gasteiger partial charge in [-0.05, 0) is 31.1 Å². The molecule has 21 heavy (non-hydrogen) atoms. The number of fused-ring (bicyclic) bond motifs is 2. The fourth-order valence-electron chi connectivity index (χ4n) is 4.17. The van der Waals surface area contributed by atoms with Gasteiger partial charge < -0.3 is 9.64 Å². The minimum atomic E-state index is -0.567. The third kappa shape index (κ3) is 1.96. The van der Waals surface area contributed by atoms with Gasteiger partial charge in [0.25, 0.3) is 5.91 Å². The van der Waals surface area contributed by atoms with Crippen molar-refractivity contribution < 1.29 is 19.1 Å². The van der Waals surface area contributed by atoms with Gasteiger partial charge in [-0.1, -0.05) is 12.2 Å². The first-order valence-electron chi connectivity index (χ1n) is 7.59. The first-order chi connectivity index (χ1) is 10.1. The maximum absolute atomic E-state index is 12.6. The predicted molar refractivity (Wildman–Crippen MR) is 72.0 cm³/mol. The molecule has 112 valence electrons. The quantitative estimate of drug-likeness (QED) is 0.705. The number of hydrogen-bond donors (Lipinski definition) is 0. The molecule has 0 aromatic carbocycles. The van der Waals surface area contributed by atoms with E-state index in [1.54, 1.807) is 0 Å². The van der Waals surface area contributed by atoms with Crippen LogP contribution in [0.4, 0.5) is 4.79 Å². The molecule has 4 atom stereocenters. The monoisotopic (exact) mass is 290 g/mol. The molecule has 0 N–H and O–H groups in total. The lowest BCUT2D eigenvalue weighted by Crippen LogP contribution is -2.43. The van der Waals surface area contributed by atoms with Crippen LogP contribution in [0.1, 0.15) is 19.3 Å². The maximum atomic E-state index is 12.6. The Hall–Kier alpha value is -1.85. The summed E-state index contributed by atoms with van der Waals surface area (Å²) >= 11 is 0. The van der Waals surface area contributed by atoms with Crippen LogP contribution in [-0.2, 0) is 14.3 Å². The van der Waals surface area contributed by atoms with Gasteiger partial charge in [-0.25, -0.2) is 9.69 Å². The van der Waals surface area contributed by atoms with Crippen LogP contribution in [0, 0.1) is 17.8 Å². The molecule has 2 bridgehead atoms. The van der Waals surface area contributed by atoms with Gasteiger partial charge in [0.15, 0.2) is 6.61 Å². The molecule has 4 aliphatic rings. The van der Waals surface area contributed by atoms with Crippen LogP contribution in [0.2, 0.25) is 0 Å². The third-order valence-electron chi connectivity index (χ3n) is 5.22. The summed E-state index contributed by atoms with van der Waals surface area (Å²) in [5.41, 5.74) is 0. The minimum Gasteiger partial charge on any atom is -0.439 e. The second kappa shape index (κ2) is 4.58. The van der Waals surface area contributed by atoms with Crippen LogP contribution in [0.3, 0.4) is 0 Å². The molecule has 1 saturated carbocycles. The Morgan fingerprint density at radius 3 is 2.71 bits per heavy atom. The standard InChI is InChI=1S/C15H18N2O4/c18-13-8-21-15(20)17(13)11-3-4-16(7-11)14(19)12-6-9-1-2-10(12)5-9/h1-2,9-12H,3-8H2/t9-,10-,11-,12-/m0/s1. The normalized spacial score (nSPS) is 37.7. The Morgan fingerprint density at radius 2 is 2.10 bits per heavy atom. The van der Waals surface area contributed by atoms with Crippen molar-refractivity contribution in [3.8, 4) is 0 Å². The highest BCUT2D eigenvalue weighted by Gasteiger charge is 2.45. The van der Waals surface area contributed by atoms with Gasteiger partial charge in [-0.2, -0.15) is 0 Å². The largest absolute Gasteiger partial charge is 0.439 e. The van der Waals surface area contributed by atoms with E-state index in [2.05, 4.69) is 12.2 Å². The van der Waals surface area contributed by atoms with E-state index in [1.165, 1.54) is 4.90 Å². The number of ether oxygens (including phenoxy) is 1. The molecule has 3 fully saturated rings. The summed E-state index contributed by atoms with van der Waals surface area (Å²) in [4.78, 5) is 38.9. The van der Waals surface area contributed by atoms with Gasteiger partial charge in [-0.15, -0.1) is 0 Å². The van der Waals surface area contributed by atoms with E-state index < -0.39 is 6.09 Å². The van der Waals surface area contributed by atoms with E-state index >= 15 is 0 Å². The maximum Gasteiger partial charge on any atom is 0.417 e. The molecule has 4 rings (SSSR count). The van der Waals surface area contributed by atoms with Crippen molar-refractivity contribution in [2.75, 3.05) is 19.7 Å². The fourth-order valence-corrected chi connectivity index (χ4v) is 4.17. The van der Waals surface area contributed by atoms with Crippen LogP contribution in [-0.4, -0.2) is 53.4 Å². The number of hydrogen-bond acceptors (Lipinski definition) is 4. The third-order valence-corrected chi connectivity index (χ3v) is 5.22. The molecule has 3 amide bonds. The van der Waals surface area contributed by atoms with E-state index in [4.69, 9.17) is 4.74 Å². The van der Waals surface area contributed by atoms with E-state index in [1.807, 2.05) is 4.90 Å². The van der Waals surface area contributed by atoms with E-state index in [0.717, 1.165) is 12.8 Å². The molecule has 0 radical (unpaired) electrons. The van der Waals surface area contributed by atoms with Crippen molar-refractivity contribution in [3.05, 3.63) is 12.2 Å². The molecule has 2 saturated heterocycles. The van der Waals surface area contributed by atoms with Gasteiger partial charge in [0, 0.05) is 19.0 Å². The summed E-state index contributed by atoms with van der Waals surface area (Å²) in [6.07, 6.45) is 6.54. The highest BCUT2D eigenvalue weighted by atomic mass is 16.6. The molecule has 2 heterocycles. The average Bonchev–Trinajstić information content (AvgIpc) is 3.22. The molecule has 2 aliphatic carbocycles. The molecular weight excluding hydrogens is 272 g/mol. The molecule has 0 unspecified atom stereocenters. The highest BCUT2D eigenvalue weighted by Crippen LogP contribution is 2.44. The van der Waals surface area contributed by atoms with Crippen molar-refractivity contribution in [3.63, 3.8) is 0 Å². The number of amides is 3. The van der Waals surface area contributed by atoms with Gasteiger partial charge in [-0.3, -0.25) is 9.59 Å². The number of rotatable bonds is 2. The number of imide groups is 1. The zero-order chi connectivity index (χ0) is 14.6. The number of carbonyl (C=O) groups excluding carboxylic acids is 3. The Labute approximate surface area is 122 Å². The fraction of sp³-hybridized carbons (Fsp3) is 0.667. The number of nitrogens with zero attached hydrogens (tertiary/aromatic N) is 2. The molecule has 6 nitrogen and oxygen atoms in total. The summed E-state index contributed by atoms with van der Waals surface area (Å²) < 4.78 is 4.75. The summed E-state index contributed by atoms with van der Waals surface area (Å²) in [5, 5.41) is 0. The van der Waals surface area contributed by atoms with E-state index in [-0.39, 0.29) is 30.4 Å². The minimum absolute atomic E-state index is 0.0972. The van der Waals surface area contributed by atoms with Gasteiger partial charge in [0.2, 0.25) is 5.91 Å². The van der Waals surface area contributed by atoms with Crippen molar-refractivity contribution in [2.45, 2.75) is 25.3 Å². The molecule has 0 aromatic rings. The Kier molecular flexibility index (Phi) is 2.80. The van der Waals surface area contributed by atoms with Crippen LogP contribution >= 0.6 is 0 Å². The average molecular weight is 290 g/mol. The summed E-state index contributed by atoms with van der Waals surface area (Å²) in [6, 6.07) is -0.217. The van der Waals surface area contributed by atoms with Crippen molar-refractivity contribution >= 4 is 17.9 Å². The lowest BCUT2D eigenvalue weighted by atomic mass is 9.92. The molecule has 0 spiro atoms. The van der Waals surface area contributed by atoms with Crippen LogP contribution in [0.25, 0.3) is 0 Å². The Morgan fingerprint density at radius 1 is 1.24 bits per heavy atom. The zero-order valence-corrected chi connectivity index (χ0v) is 11.7. The SMILES string of the molecule is O=C([C@H]1C[C@H]2C=C[C@H]1C2)N1CC[C@H](N2C(=O)COC2=O)C1. The zero-order valence-electron chi connectivity index (χ0n) is 11.7. The van der Waals surface area contributed by atoms with E-state index in [0.29, 0.717) is 31.3 Å². The number of cyclic esters (lactones) is 1. The molecular formula is C15H18N2O4. The first kappa shape index (κ1) is 12.9. The van der Waals surface area contributed by atoms with Crippen molar-refractivity contribution in [2.24, 2.45) is 17.8 Å². The molecule has 6 heteroatoms.